The Balaban J connectivity index is 2.90. The van der Waals surface area contributed by atoms with Gasteiger partial charge < -0.3 is 16.2 Å². The first-order chi connectivity index (χ1) is 10.8. The summed E-state index contributed by atoms with van der Waals surface area (Å²) < 4.78 is 0. The summed E-state index contributed by atoms with van der Waals surface area (Å²) in [5, 5.41) is 13.3. The Morgan fingerprint density at radius 2 is 1.65 bits per heavy atom. The summed E-state index contributed by atoms with van der Waals surface area (Å²) in [6, 6.07) is 4.10. The van der Waals surface area contributed by atoms with Gasteiger partial charge in [0, 0.05) is 19.5 Å². The quantitative estimate of drug-likeness (QED) is 0.655. The molecule has 130 valence electrons. The topological polar surface area (TPSA) is 75.4 Å². The molecule has 4 nitrogen and oxygen atoms in total. The average molecular weight is 320 g/mol. The molecule has 0 bridgehead atoms. The number of phenolic OH excluding ortho intramolecular Hbond substituents is 1. The molecule has 1 rings (SSSR count). The maximum absolute atomic E-state index is 11.8. The van der Waals surface area contributed by atoms with Gasteiger partial charge in [0.15, 0.2) is 0 Å². The number of phenols is 1. The fourth-order valence-corrected chi connectivity index (χ4v) is 2.73. The molecule has 0 heterocycles. The van der Waals surface area contributed by atoms with Crippen LogP contribution in [0.2, 0.25) is 0 Å². The van der Waals surface area contributed by atoms with Gasteiger partial charge in [-0.2, -0.15) is 0 Å². The van der Waals surface area contributed by atoms with E-state index >= 15 is 0 Å². The lowest BCUT2D eigenvalue weighted by Crippen LogP contribution is -2.29. The summed E-state index contributed by atoms with van der Waals surface area (Å²) in [5.74, 6) is 1.43. The van der Waals surface area contributed by atoms with Gasteiger partial charge in [0.25, 0.3) is 0 Å². The van der Waals surface area contributed by atoms with E-state index in [1.807, 2.05) is 0 Å². The number of carbonyl (C=O) groups excluding carboxylic acids is 1. The van der Waals surface area contributed by atoms with Crippen LogP contribution in [0.3, 0.4) is 0 Å². The molecule has 0 spiro atoms. The van der Waals surface area contributed by atoms with E-state index in [1.54, 1.807) is 0 Å². The van der Waals surface area contributed by atoms with Crippen molar-refractivity contribution in [1.82, 2.24) is 5.32 Å². The molecule has 0 unspecified atom stereocenters. The summed E-state index contributed by atoms with van der Waals surface area (Å²) >= 11 is 0. The summed E-state index contributed by atoms with van der Waals surface area (Å²) in [6.07, 6.45) is 2.84. The number of benzene rings is 1. The minimum atomic E-state index is 0.0272. The van der Waals surface area contributed by atoms with Crippen molar-refractivity contribution in [1.29, 1.82) is 0 Å². The molecule has 23 heavy (non-hydrogen) atoms. The number of nitrogens with one attached hydrogen (secondary N) is 1. The molecule has 0 saturated heterocycles. The Labute approximate surface area is 140 Å². The van der Waals surface area contributed by atoms with E-state index < -0.39 is 0 Å². The zero-order chi connectivity index (χ0) is 17.4. The predicted octanol–water partition coefficient (Wildman–Crippen LogP) is 2.80. The van der Waals surface area contributed by atoms with E-state index in [-0.39, 0.29) is 5.91 Å². The Bertz CT molecular complexity index is 479. The number of aryl methyl sites for hydroxylation is 1. The monoisotopic (exact) mass is 320 g/mol. The van der Waals surface area contributed by atoms with E-state index in [2.05, 4.69) is 45.1 Å². The molecule has 0 saturated carbocycles. The molecule has 1 amide bonds. The van der Waals surface area contributed by atoms with E-state index in [0.29, 0.717) is 43.5 Å². The largest absolute Gasteiger partial charge is 0.507 e. The van der Waals surface area contributed by atoms with Gasteiger partial charge in [-0.1, -0.05) is 39.8 Å². The van der Waals surface area contributed by atoms with E-state index in [0.717, 1.165) is 29.5 Å². The second-order valence-corrected chi connectivity index (χ2v) is 7.10. The fraction of sp³-hybridized carbons (Fsp3) is 0.632. The molecule has 0 aromatic heterocycles. The third-order valence-corrected chi connectivity index (χ3v) is 3.69. The highest BCUT2D eigenvalue weighted by Gasteiger charge is 2.13. The summed E-state index contributed by atoms with van der Waals surface area (Å²) in [6.45, 7) is 9.57. The summed E-state index contributed by atoms with van der Waals surface area (Å²) in [4.78, 5) is 11.8. The molecule has 0 aliphatic rings. The minimum absolute atomic E-state index is 0.0272. The highest BCUT2D eigenvalue weighted by atomic mass is 16.3. The third-order valence-electron chi connectivity index (χ3n) is 3.69. The molecular weight excluding hydrogens is 288 g/mol. The number of amides is 1. The normalized spacial score (nSPS) is 11.3. The zero-order valence-corrected chi connectivity index (χ0v) is 15.0. The van der Waals surface area contributed by atoms with Crippen LogP contribution in [0.5, 0.6) is 5.75 Å². The maximum Gasteiger partial charge on any atom is 0.220 e. The highest BCUT2D eigenvalue weighted by molar-refractivity contribution is 5.76. The number of nitrogens with two attached hydrogens (primary N) is 1. The molecule has 0 fully saturated rings. The second kappa shape index (κ2) is 9.56. The van der Waals surface area contributed by atoms with Gasteiger partial charge in [-0.05, 0) is 47.8 Å². The van der Waals surface area contributed by atoms with Gasteiger partial charge in [-0.3, -0.25) is 4.79 Å². The predicted molar refractivity (Wildman–Crippen MR) is 95.6 cm³/mol. The van der Waals surface area contributed by atoms with Crippen LogP contribution in [-0.4, -0.2) is 24.1 Å². The lowest BCUT2D eigenvalue weighted by atomic mass is 9.92. The van der Waals surface area contributed by atoms with Gasteiger partial charge in [0.05, 0.1) is 0 Å². The van der Waals surface area contributed by atoms with Crippen molar-refractivity contribution in [2.75, 3.05) is 13.1 Å². The van der Waals surface area contributed by atoms with Crippen LogP contribution in [0.15, 0.2) is 12.1 Å². The van der Waals surface area contributed by atoms with Crippen molar-refractivity contribution < 1.29 is 9.90 Å². The van der Waals surface area contributed by atoms with Gasteiger partial charge in [-0.25, -0.2) is 0 Å². The molecule has 4 N–H and O–H groups in total. The number of hydrogen-bond donors (Lipinski definition) is 3. The minimum Gasteiger partial charge on any atom is -0.507 e. The van der Waals surface area contributed by atoms with Crippen LogP contribution < -0.4 is 11.1 Å². The summed E-state index contributed by atoms with van der Waals surface area (Å²) in [5.41, 5.74) is 8.50. The third kappa shape index (κ3) is 7.04. The van der Waals surface area contributed by atoms with Crippen LogP contribution >= 0.6 is 0 Å². The van der Waals surface area contributed by atoms with Gasteiger partial charge >= 0.3 is 0 Å². The van der Waals surface area contributed by atoms with E-state index in [9.17, 15) is 9.90 Å². The van der Waals surface area contributed by atoms with Crippen molar-refractivity contribution in [3.63, 3.8) is 0 Å². The van der Waals surface area contributed by atoms with Crippen molar-refractivity contribution in [3.8, 4) is 5.75 Å². The molecule has 1 aromatic carbocycles. The number of carbonyl (C=O) groups is 1. The van der Waals surface area contributed by atoms with Gasteiger partial charge in [-0.15, -0.1) is 0 Å². The summed E-state index contributed by atoms with van der Waals surface area (Å²) in [7, 11) is 0. The van der Waals surface area contributed by atoms with Gasteiger partial charge in [0.2, 0.25) is 5.91 Å². The lowest BCUT2D eigenvalue weighted by Gasteiger charge is -2.16. The van der Waals surface area contributed by atoms with Crippen LogP contribution in [-0.2, 0) is 24.1 Å². The lowest BCUT2D eigenvalue weighted by molar-refractivity contribution is -0.120. The molecule has 0 aliphatic heterocycles. The molecule has 0 radical (unpaired) electrons. The Morgan fingerprint density at radius 1 is 1.13 bits per heavy atom. The molecule has 1 aromatic rings. The fourth-order valence-electron chi connectivity index (χ4n) is 2.73. The Kier molecular flexibility index (Phi) is 8.10. The zero-order valence-electron chi connectivity index (χ0n) is 15.0. The smallest absolute Gasteiger partial charge is 0.220 e. The highest BCUT2D eigenvalue weighted by Crippen LogP contribution is 2.29. The van der Waals surface area contributed by atoms with Gasteiger partial charge in [0.1, 0.15) is 5.75 Å². The average Bonchev–Trinajstić information content (AvgIpc) is 2.46. The molecule has 0 atom stereocenters. The van der Waals surface area contributed by atoms with E-state index in [1.165, 1.54) is 0 Å². The maximum atomic E-state index is 11.8. The van der Waals surface area contributed by atoms with Crippen LogP contribution in [0.1, 0.15) is 50.8 Å². The van der Waals surface area contributed by atoms with Crippen LogP contribution in [0, 0.1) is 11.8 Å². The van der Waals surface area contributed by atoms with Crippen molar-refractivity contribution in [3.05, 3.63) is 28.8 Å². The first kappa shape index (κ1) is 19.5. The number of hydrogen-bond acceptors (Lipinski definition) is 3. The second-order valence-electron chi connectivity index (χ2n) is 7.10. The van der Waals surface area contributed by atoms with Crippen molar-refractivity contribution in [2.45, 2.75) is 53.4 Å². The Hall–Kier alpha value is -1.55. The standard InChI is InChI=1S/C19H32N2O2/c1-13(2)9-16-11-15(5-6-18(22)21-8-7-20)12-17(19(16)23)10-14(3)4/h11-14,23H,5-10,20H2,1-4H3,(H,21,22). The van der Waals surface area contributed by atoms with Crippen LogP contribution in [0.4, 0.5) is 0 Å². The molecular formula is C19H32N2O2. The molecule has 4 heteroatoms. The number of rotatable bonds is 9. The number of aromatic hydroxyl groups is 1. The first-order valence-electron chi connectivity index (χ1n) is 8.63. The van der Waals surface area contributed by atoms with E-state index in [4.69, 9.17) is 5.73 Å². The molecule has 0 aliphatic carbocycles. The Morgan fingerprint density at radius 3 is 2.09 bits per heavy atom. The van der Waals surface area contributed by atoms with Crippen LogP contribution in [0.25, 0.3) is 0 Å². The first-order valence-corrected chi connectivity index (χ1v) is 8.63. The van der Waals surface area contributed by atoms with Crippen molar-refractivity contribution >= 4 is 5.91 Å². The SMILES string of the molecule is CC(C)Cc1cc(CCC(=O)NCCN)cc(CC(C)C)c1O. The van der Waals surface area contributed by atoms with Crippen molar-refractivity contribution in [2.24, 2.45) is 17.6 Å².